The summed E-state index contributed by atoms with van der Waals surface area (Å²) in [5, 5.41) is 18.3. The molecule has 1 heterocycles. The molecule has 0 spiro atoms. The van der Waals surface area contributed by atoms with Crippen LogP contribution in [0.15, 0.2) is 18.2 Å². The fraction of sp³-hybridized carbons (Fsp3) is 0.529. The summed E-state index contributed by atoms with van der Waals surface area (Å²) in [6.07, 6.45) is 6.04. The maximum Gasteiger partial charge on any atom is 0.335 e. The van der Waals surface area contributed by atoms with Crippen LogP contribution < -0.4 is 4.90 Å². The lowest BCUT2D eigenvalue weighted by molar-refractivity contribution is 0.0697. The molecule has 112 valence electrons. The number of carbonyl (C=O) groups is 1. The van der Waals surface area contributed by atoms with Crippen LogP contribution in [0.2, 0.25) is 0 Å². The summed E-state index contributed by atoms with van der Waals surface area (Å²) in [6, 6.07) is 6.99. The first-order valence-electron chi connectivity index (χ1n) is 7.68. The van der Waals surface area contributed by atoms with Crippen LogP contribution in [-0.2, 0) is 0 Å². The Morgan fingerprint density at radius 3 is 2.90 bits per heavy atom. The minimum Gasteiger partial charge on any atom is -0.478 e. The Morgan fingerprint density at radius 2 is 2.24 bits per heavy atom. The van der Waals surface area contributed by atoms with E-state index in [2.05, 4.69) is 17.9 Å². The zero-order valence-corrected chi connectivity index (χ0v) is 12.5. The molecule has 0 radical (unpaired) electrons. The number of nitriles is 1. The molecule has 1 aliphatic rings. The van der Waals surface area contributed by atoms with Gasteiger partial charge in [0.25, 0.3) is 0 Å². The van der Waals surface area contributed by atoms with Crippen molar-refractivity contribution >= 4 is 11.7 Å². The Morgan fingerprint density at radius 1 is 1.43 bits per heavy atom. The predicted octanol–water partition coefficient (Wildman–Crippen LogP) is 3.66. The Kier molecular flexibility index (Phi) is 5.21. The second-order valence-corrected chi connectivity index (χ2v) is 5.72. The Bertz CT molecular complexity index is 548. The summed E-state index contributed by atoms with van der Waals surface area (Å²) in [4.78, 5) is 13.2. The minimum atomic E-state index is -0.989. The highest BCUT2D eigenvalue weighted by Gasteiger charge is 2.19. The number of hydrogen-bond acceptors (Lipinski definition) is 3. The number of rotatable bonds is 4. The average molecular weight is 286 g/mol. The van der Waals surface area contributed by atoms with Gasteiger partial charge in [0.05, 0.1) is 16.8 Å². The molecule has 4 nitrogen and oxygen atoms in total. The van der Waals surface area contributed by atoms with Gasteiger partial charge in [0.2, 0.25) is 0 Å². The molecule has 21 heavy (non-hydrogen) atoms. The minimum absolute atomic E-state index is 0.175. The largest absolute Gasteiger partial charge is 0.478 e. The van der Waals surface area contributed by atoms with E-state index in [9.17, 15) is 10.1 Å². The highest BCUT2D eigenvalue weighted by Crippen LogP contribution is 2.28. The van der Waals surface area contributed by atoms with E-state index in [1.54, 1.807) is 12.1 Å². The van der Waals surface area contributed by atoms with Gasteiger partial charge in [-0.2, -0.15) is 5.26 Å². The van der Waals surface area contributed by atoms with Gasteiger partial charge in [0.15, 0.2) is 0 Å². The second-order valence-electron chi connectivity index (χ2n) is 5.72. The molecule has 0 saturated carbocycles. The van der Waals surface area contributed by atoms with Gasteiger partial charge in [-0.25, -0.2) is 4.79 Å². The van der Waals surface area contributed by atoms with Crippen molar-refractivity contribution in [1.82, 2.24) is 0 Å². The van der Waals surface area contributed by atoms with E-state index in [1.807, 2.05) is 0 Å². The smallest absolute Gasteiger partial charge is 0.335 e. The van der Waals surface area contributed by atoms with Gasteiger partial charge in [-0.05, 0) is 43.4 Å². The molecule has 0 aromatic heterocycles. The summed E-state index contributed by atoms with van der Waals surface area (Å²) in [5.41, 5.74) is 1.51. The van der Waals surface area contributed by atoms with Crippen LogP contribution in [0, 0.1) is 17.2 Å². The lowest BCUT2D eigenvalue weighted by Gasteiger charge is -2.24. The monoisotopic (exact) mass is 286 g/mol. The van der Waals surface area contributed by atoms with E-state index < -0.39 is 5.97 Å². The SMILES string of the molecule is CCCC1CCCN(c2ccc(C(=O)O)cc2C#N)CC1. The first-order valence-corrected chi connectivity index (χ1v) is 7.68. The van der Waals surface area contributed by atoms with Gasteiger partial charge < -0.3 is 10.0 Å². The maximum absolute atomic E-state index is 11.0. The van der Waals surface area contributed by atoms with Gasteiger partial charge in [-0.15, -0.1) is 0 Å². The fourth-order valence-corrected chi connectivity index (χ4v) is 3.14. The Hall–Kier alpha value is -2.02. The lowest BCUT2D eigenvalue weighted by atomic mass is 9.96. The molecule has 1 fully saturated rings. The molecule has 1 unspecified atom stereocenters. The molecular formula is C17H22N2O2. The molecule has 0 aliphatic carbocycles. The van der Waals surface area contributed by atoms with Crippen LogP contribution in [0.4, 0.5) is 5.69 Å². The van der Waals surface area contributed by atoms with E-state index in [0.29, 0.717) is 5.56 Å². The molecule has 4 heteroatoms. The van der Waals surface area contributed by atoms with Crippen molar-refractivity contribution in [3.05, 3.63) is 29.3 Å². The number of nitrogens with zero attached hydrogens (tertiary/aromatic N) is 2. The van der Waals surface area contributed by atoms with Gasteiger partial charge in [0, 0.05) is 13.1 Å². The Balaban J connectivity index is 2.18. The topological polar surface area (TPSA) is 64.3 Å². The molecule has 1 atom stereocenters. The van der Waals surface area contributed by atoms with Gasteiger partial charge >= 0.3 is 5.97 Å². The third-order valence-corrected chi connectivity index (χ3v) is 4.25. The average Bonchev–Trinajstić information content (AvgIpc) is 2.72. The Labute approximate surface area is 126 Å². The summed E-state index contributed by atoms with van der Waals surface area (Å²) in [7, 11) is 0. The van der Waals surface area contributed by atoms with Gasteiger partial charge in [0.1, 0.15) is 6.07 Å². The van der Waals surface area contributed by atoms with Crippen LogP contribution in [0.3, 0.4) is 0 Å². The third kappa shape index (κ3) is 3.75. The molecule has 1 aliphatic heterocycles. The molecule has 2 rings (SSSR count). The van der Waals surface area contributed by atoms with Crippen molar-refractivity contribution in [3.8, 4) is 6.07 Å². The van der Waals surface area contributed by atoms with Crippen LogP contribution in [-0.4, -0.2) is 24.2 Å². The number of benzene rings is 1. The molecular weight excluding hydrogens is 264 g/mol. The number of hydrogen-bond donors (Lipinski definition) is 1. The van der Waals surface area contributed by atoms with Crippen molar-refractivity contribution in [2.75, 3.05) is 18.0 Å². The quantitative estimate of drug-likeness (QED) is 0.917. The first kappa shape index (κ1) is 15.4. The summed E-state index contributed by atoms with van der Waals surface area (Å²) in [6.45, 7) is 4.12. The van der Waals surface area contributed by atoms with E-state index in [4.69, 9.17) is 5.11 Å². The summed E-state index contributed by atoms with van der Waals surface area (Å²) >= 11 is 0. The highest BCUT2D eigenvalue weighted by atomic mass is 16.4. The van der Waals surface area contributed by atoms with Crippen molar-refractivity contribution in [2.24, 2.45) is 5.92 Å². The number of carboxylic acid groups (broad SMARTS) is 1. The second kappa shape index (κ2) is 7.12. The molecule has 0 bridgehead atoms. The van der Waals surface area contributed by atoms with Crippen molar-refractivity contribution in [1.29, 1.82) is 5.26 Å². The third-order valence-electron chi connectivity index (χ3n) is 4.25. The molecule has 1 saturated heterocycles. The normalized spacial score (nSPS) is 18.9. The van der Waals surface area contributed by atoms with Crippen LogP contribution in [0.25, 0.3) is 0 Å². The van der Waals surface area contributed by atoms with Crippen LogP contribution in [0.1, 0.15) is 54.9 Å². The molecule has 1 aromatic carbocycles. The van der Waals surface area contributed by atoms with Crippen LogP contribution >= 0.6 is 0 Å². The van der Waals surface area contributed by atoms with Gasteiger partial charge in [-0.1, -0.05) is 19.8 Å². The maximum atomic E-state index is 11.0. The van der Waals surface area contributed by atoms with E-state index >= 15 is 0 Å². The lowest BCUT2D eigenvalue weighted by Crippen LogP contribution is -2.25. The van der Waals surface area contributed by atoms with E-state index in [-0.39, 0.29) is 5.56 Å². The number of carboxylic acids is 1. The van der Waals surface area contributed by atoms with Crippen molar-refractivity contribution in [2.45, 2.75) is 39.0 Å². The molecule has 0 amide bonds. The van der Waals surface area contributed by atoms with E-state index in [1.165, 1.54) is 25.3 Å². The van der Waals surface area contributed by atoms with E-state index in [0.717, 1.165) is 37.5 Å². The first-order chi connectivity index (χ1) is 10.2. The highest BCUT2D eigenvalue weighted by molar-refractivity contribution is 5.89. The van der Waals surface area contributed by atoms with Gasteiger partial charge in [-0.3, -0.25) is 0 Å². The number of anilines is 1. The van der Waals surface area contributed by atoms with Crippen molar-refractivity contribution < 1.29 is 9.90 Å². The summed E-state index contributed by atoms with van der Waals surface area (Å²) in [5.74, 6) is -0.208. The fourth-order valence-electron chi connectivity index (χ4n) is 3.14. The molecule has 1 aromatic rings. The zero-order chi connectivity index (χ0) is 15.2. The summed E-state index contributed by atoms with van der Waals surface area (Å²) < 4.78 is 0. The van der Waals surface area contributed by atoms with Crippen molar-refractivity contribution in [3.63, 3.8) is 0 Å². The zero-order valence-electron chi connectivity index (χ0n) is 12.5. The number of aromatic carboxylic acids is 1. The molecule has 1 N–H and O–H groups in total. The standard InChI is InChI=1S/C17H22N2O2/c1-2-4-13-5-3-9-19(10-8-13)16-7-6-14(17(20)21)11-15(16)12-18/h6-7,11,13H,2-5,8-10H2,1H3,(H,20,21). The van der Waals surface area contributed by atoms with Crippen LogP contribution in [0.5, 0.6) is 0 Å². The predicted molar refractivity (Wildman–Crippen MR) is 82.6 cm³/mol.